The Bertz CT molecular complexity index is 724. The van der Waals surface area contributed by atoms with Gasteiger partial charge in [-0.05, 0) is 44.2 Å². The first kappa shape index (κ1) is 16.0. The Morgan fingerprint density at radius 3 is 2.67 bits per heavy atom. The number of fused-ring (bicyclic) bond motifs is 1. The molecule has 0 spiro atoms. The van der Waals surface area contributed by atoms with E-state index in [2.05, 4.69) is 5.32 Å². The quantitative estimate of drug-likeness (QED) is 0.890. The van der Waals surface area contributed by atoms with Gasteiger partial charge < -0.3 is 9.73 Å². The zero-order chi connectivity index (χ0) is 15.6. The molecule has 0 aliphatic rings. The molecule has 1 aromatic carbocycles. The van der Waals surface area contributed by atoms with Crippen LogP contribution in [0.4, 0.5) is 4.39 Å². The number of sulfone groups is 1. The van der Waals surface area contributed by atoms with Gasteiger partial charge in [0.1, 0.15) is 17.2 Å². The molecular weight excluding hydrogens is 293 g/mol. The van der Waals surface area contributed by atoms with Crippen LogP contribution < -0.4 is 5.32 Å². The van der Waals surface area contributed by atoms with E-state index in [0.29, 0.717) is 23.3 Å². The van der Waals surface area contributed by atoms with Crippen molar-refractivity contribution < 1.29 is 17.2 Å². The Hall–Kier alpha value is -1.40. The standard InChI is InChI=1S/C15H20FNO3S/c1-4-7-17-15(10(2)21(3,18)19)14-9-11-8-12(16)5-6-13(11)20-14/h5-6,8-10,15,17H,4,7H2,1-3H3. The van der Waals surface area contributed by atoms with Crippen LogP contribution in [0.5, 0.6) is 0 Å². The predicted molar refractivity (Wildman–Crippen MR) is 81.5 cm³/mol. The molecule has 0 aliphatic heterocycles. The van der Waals surface area contributed by atoms with Gasteiger partial charge in [-0.25, -0.2) is 12.8 Å². The van der Waals surface area contributed by atoms with Crippen molar-refractivity contribution in [3.05, 3.63) is 35.8 Å². The molecule has 1 aromatic heterocycles. The molecule has 6 heteroatoms. The smallest absolute Gasteiger partial charge is 0.152 e. The number of nitrogens with one attached hydrogen (secondary N) is 1. The van der Waals surface area contributed by atoms with Gasteiger partial charge in [0.05, 0.1) is 11.3 Å². The Morgan fingerprint density at radius 1 is 1.33 bits per heavy atom. The van der Waals surface area contributed by atoms with E-state index in [0.717, 1.165) is 6.42 Å². The summed E-state index contributed by atoms with van der Waals surface area (Å²) in [6.07, 6.45) is 2.09. The lowest BCUT2D eigenvalue weighted by Crippen LogP contribution is -2.35. The molecule has 0 fully saturated rings. The highest BCUT2D eigenvalue weighted by molar-refractivity contribution is 7.91. The van der Waals surface area contributed by atoms with Crippen molar-refractivity contribution in [3.63, 3.8) is 0 Å². The van der Waals surface area contributed by atoms with E-state index in [1.165, 1.54) is 18.4 Å². The number of hydrogen-bond acceptors (Lipinski definition) is 4. The molecule has 0 aliphatic carbocycles. The van der Waals surface area contributed by atoms with Crippen molar-refractivity contribution in [2.75, 3.05) is 12.8 Å². The minimum atomic E-state index is -3.22. The molecule has 116 valence electrons. The summed E-state index contributed by atoms with van der Waals surface area (Å²) in [6.45, 7) is 4.33. The second kappa shape index (κ2) is 6.15. The van der Waals surface area contributed by atoms with E-state index in [1.807, 2.05) is 6.92 Å². The van der Waals surface area contributed by atoms with Gasteiger partial charge in [-0.15, -0.1) is 0 Å². The Kier molecular flexibility index (Phi) is 4.68. The van der Waals surface area contributed by atoms with E-state index in [-0.39, 0.29) is 5.82 Å². The summed E-state index contributed by atoms with van der Waals surface area (Å²) < 4.78 is 42.6. The molecule has 0 bridgehead atoms. The molecule has 1 heterocycles. The zero-order valence-electron chi connectivity index (χ0n) is 12.4. The molecule has 0 amide bonds. The first-order chi connectivity index (χ1) is 9.82. The second-order valence-corrected chi connectivity index (χ2v) is 7.70. The minimum Gasteiger partial charge on any atom is -0.459 e. The van der Waals surface area contributed by atoms with Gasteiger partial charge >= 0.3 is 0 Å². The van der Waals surface area contributed by atoms with Crippen molar-refractivity contribution >= 4 is 20.8 Å². The summed E-state index contributed by atoms with van der Waals surface area (Å²) in [6, 6.07) is 5.51. The monoisotopic (exact) mass is 313 g/mol. The van der Waals surface area contributed by atoms with Crippen molar-refractivity contribution in [2.45, 2.75) is 31.6 Å². The van der Waals surface area contributed by atoms with Crippen LogP contribution in [-0.2, 0) is 9.84 Å². The largest absolute Gasteiger partial charge is 0.459 e. The van der Waals surface area contributed by atoms with Crippen molar-refractivity contribution in [1.29, 1.82) is 0 Å². The number of furan rings is 1. The van der Waals surface area contributed by atoms with Crippen LogP contribution >= 0.6 is 0 Å². The fraction of sp³-hybridized carbons (Fsp3) is 0.467. The molecule has 2 rings (SSSR count). The summed E-state index contributed by atoms with van der Waals surface area (Å²) in [5, 5.41) is 3.20. The third-order valence-corrected chi connectivity index (χ3v) is 5.19. The highest BCUT2D eigenvalue weighted by Crippen LogP contribution is 2.28. The number of hydrogen-bond donors (Lipinski definition) is 1. The van der Waals surface area contributed by atoms with Crippen molar-refractivity contribution in [1.82, 2.24) is 5.32 Å². The first-order valence-electron chi connectivity index (χ1n) is 6.94. The molecule has 0 radical (unpaired) electrons. The first-order valence-corrected chi connectivity index (χ1v) is 8.89. The normalized spacial score (nSPS) is 15.2. The average Bonchev–Trinajstić information content (AvgIpc) is 2.80. The van der Waals surface area contributed by atoms with Crippen LogP contribution in [0.2, 0.25) is 0 Å². The summed E-state index contributed by atoms with van der Waals surface area (Å²) in [7, 11) is -3.22. The van der Waals surface area contributed by atoms with Gasteiger partial charge in [0.2, 0.25) is 0 Å². The van der Waals surface area contributed by atoms with Gasteiger partial charge in [-0.3, -0.25) is 0 Å². The van der Waals surface area contributed by atoms with Gasteiger partial charge in [0, 0.05) is 11.6 Å². The molecule has 21 heavy (non-hydrogen) atoms. The van der Waals surface area contributed by atoms with Crippen LogP contribution in [0.3, 0.4) is 0 Å². The van der Waals surface area contributed by atoms with Crippen LogP contribution in [0.25, 0.3) is 11.0 Å². The minimum absolute atomic E-state index is 0.343. The molecular formula is C15H20FNO3S. The van der Waals surface area contributed by atoms with Gasteiger partial charge in [-0.2, -0.15) is 0 Å². The predicted octanol–water partition coefficient (Wildman–Crippen LogP) is 3.05. The average molecular weight is 313 g/mol. The third kappa shape index (κ3) is 3.63. The lowest BCUT2D eigenvalue weighted by atomic mass is 10.1. The van der Waals surface area contributed by atoms with E-state index >= 15 is 0 Å². The maximum atomic E-state index is 13.2. The summed E-state index contributed by atoms with van der Waals surface area (Å²) in [5.41, 5.74) is 0.551. The summed E-state index contributed by atoms with van der Waals surface area (Å²) in [5.74, 6) is 0.172. The van der Waals surface area contributed by atoms with Crippen molar-refractivity contribution in [3.8, 4) is 0 Å². The molecule has 2 unspecified atom stereocenters. The van der Waals surface area contributed by atoms with Gasteiger partial charge in [0.15, 0.2) is 9.84 Å². The highest BCUT2D eigenvalue weighted by atomic mass is 32.2. The lowest BCUT2D eigenvalue weighted by molar-refractivity contribution is 0.417. The summed E-state index contributed by atoms with van der Waals surface area (Å²) >= 11 is 0. The van der Waals surface area contributed by atoms with Crippen LogP contribution in [-0.4, -0.2) is 26.5 Å². The zero-order valence-corrected chi connectivity index (χ0v) is 13.2. The molecule has 0 saturated heterocycles. The number of benzene rings is 1. The molecule has 2 aromatic rings. The summed E-state index contributed by atoms with van der Waals surface area (Å²) in [4.78, 5) is 0. The fourth-order valence-electron chi connectivity index (χ4n) is 2.23. The topological polar surface area (TPSA) is 59.3 Å². The maximum Gasteiger partial charge on any atom is 0.152 e. The molecule has 4 nitrogen and oxygen atoms in total. The molecule has 1 N–H and O–H groups in total. The molecule has 0 saturated carbocycles. The van der Waals surface area contributed by atoms with E-state index in [1.54, 1.807) is 19.1 Å². The molecule has 2 atom stereocenters. The second-order valence-electron chi connectivity index (χ2n) is 5.30. The Labute approximate surface area is 124 Å². The lowest BCUT2D eigenvalue weighted by Gasteiger charge is -2.21. The van der Waals surface area contributed by atoms with Crippen LogP contribution in [0.15, 0.2) is 28.7 Å². The van der Waals surface area contributed by atoms with Crippen molar-refractivity contribution in [2.24, 2.45) is 0 Å². The SMILES string of the molecule is CCCNC(c1cc2cc(F)ccc2o1)C(C)S(C)(=O)=O. The highest BCUT2D eigenvalue weighted by Gasteiger charge is 2.29. The van der Waals surface area contributed by atoms with E-state index < -0.39 is 21.1 Å². The van der Waals surface area contributed by atoms with E-state index in [4.69, 9.17) is 4.42 Å². The van der Waals surface area contributed by atoms with Gasteiger partial charge in [-0.1, -0.05) is 6.92 Å². The number of rotatable bonds is 6. The van der Waals surface area contributed by atoms with E-state index in [9.17, 15) is 12.8 Å². The van der Waals surface area contributed by atoms with Gasteiger partial charge in [0.25, 0.3) is 0 Å². The third-order valence-electron chi connectivity index (χ3n) is 3.56. The Balaban J connectivity index is 2.42. The van der Waals surface area contributed by atoms with Crippen LogP contribution in [0.1, 0.15) is 32.1 Å². The maximum absolute atomic E-state index is 13.2. The Morgan fingerprint density at radius 2 is 2.05 bits per heavy atom. The fourth-order valence-corrected chi connectivity index (χ4v) is 2.96. The van der Waals surface area contributed by atoms with Crippen LogP contribution in [0, 0.1) is 5.82 Å². The number of halogens is 1.